The smallest absolute Gasteiger partial charge is 0.299 e. The number of hydrogen-bond donors (Lipinski definition) is 1. The Hall–Kier alpha value is -2.18. The lowest BCUT2D eigenvalue weighted by atomic mass is 10.1. The lowest BCUT2D eigenvalue weighted by Crippen LogP contribution is -2.12. The van der Waals surface area contributed by atoms with Crippen molar-refractivity contribution < 1.29 is 9.85 Å². The van der Waals surface area contributed by atoms with Crippen LogP contribution in [0.5, 0.6) is 0 Å². The van der Waals surface area contributed by atoms with Gasteiger partial charge in [0, 0.05) is 12.6 Å². The SMILES string of the molecule is O=[N+]([O-])c1ccc(NCC2CCCC2)c([N+](=O)[O-])c1. The van der Waals surface area contributed by atoms with E-state index in [1.807, 2.05) is 0 Å². The van der Waals surface area contributed by atoms with Gasteiger partial charge >= 0.3 is 0 Å². The fourth-order valence-corrected chi connectivity index (χ4v) is 2.40. The van der Waals surface area contributed by atoms with Crippen molar-refractivity contribution >= 4 is 17.1 Å². The number of non-ortho nitro benzene ring substituents is 1. The van der Waals surface area contributed by atoms with Gasteiger partial charge in [0.05, 0.1) is 15.9 Å². The number of nitro groups is 2. The van der Waals surface area contributed by atoms with E-state index in [4.69, 9.17) is 0 Å². The van der Waals surface area contributed by atoms with Gasteiger partial charge in [-0.3, -0.25) is 20.2 Å². The molecule has 0 radical (unpaired) electrons. The molecule has 1 fully saturated rings. The second-order valence-electron chi connectivity index (χ2n) is 4.75. The highest BCUT2D eigenvalue weighted by Gasteiger charge is 2.21. The molecule has 1 aliphatic carbocycles. The van der Waals surface area contributed by atoms with E-state index in [-0.39, 0.29) is 11.4 Å². The van der Waals surface area contributed by atoms with Gasteiger partial charge in [0.25, 0.3) is 11.4 Å². The largest absolute Gasteiger partial charge is 0.379 e. The summed E-state index contributed by atoms with van der Waals surface area (Å²) in [7, 11) is 0. The molecule has 0 aliphatic heterocycles. The van der Waals surface area contributed by atoms with Crippen molar-refractivity contribution in [1.82, 2.24) is 0 Å². The van der Waals surface area contributed by atoms with Gasteiger partial charge in [0.2, 0.25) is 0 Å². The standard InChI is InChI=1S/C12H15N3O4/c16-14(17)10-5-6-11(12(7-10)15(18)19)13-8-9-3-1-2-4-9/h5-7,9,13H,1-4,8H2. The molecule has 2 rings (SSSR count). The summed E-state index contributed by atoms with van der Waals surface area (Å²) < 4.78 is 0. The first kappa shape index (κ1) is 13.3. The summed E-state index contributed by atoms with van der Waals surface area (Å²) in [6.07, 6.45) is 4.67. The average Bonchev–Trinajstić information content (AvgIpc) is 2.89. The first-order valence-corrected chi connectivity index (χ1v) is 6.24. The number of benzene rings is 1. The van der Waals surface area contributed by atoms with E-state index in [1.54, 1.807) is 0 Å². The van der Waals surface area contributed by atoms with Crippen molar-refractivity contribution in [3.63, 3.8) is 0 Å². The van der Waals surface area contributed by atoms with Gasteiger partial charge < -0.3 is 5.32 Å². The number of rotatable bonds is 5. The van der Waals surface area contributed by atoms with Crippen molar-refractivity contribution in [2.24, 2.45) is 5.92 Å². The zero-order chi connectivity index (χ0) is 13.8. The molecule has 102 valence electrons. The van der Waals surface area contributed by atoms with Crippen LogP contribution in [0.1, 0.15) is 25.7 Å². The van der Waals surface area contributed by atoms with Crippen LogP contribution in [-0.4, -0.2) is 16.4 Å². The minimum Gasteiger partial charge on any atom is -0.379 e. The van der Waals surface area contributed by atoms with E-state index in [1.165, 1.54) is 25.0 Å². The van der Waals surface area contributed by atoms with Crippen LogP contribution >= 0.6 is 0 Å². The number of anilines is 1. The van der Waals surface area contributed by atoms with Crippen LogP contribution in [0.2, 0.25) is 0 Å². The predicted molar refractivity (Wildman–Crippen MR) is 70.2 cm³/mol. The van der Waals surface area contributed by atoms with Crippen LogP contribution in [-0.2, 0) is 0 Å². The van der Waals surface area contributed by atoms with Gasteiger partial charge in [-0.25, -0.2) is 0 Å². The maximum absolute atomic E-state index is 10.9. The summed E-state index contributed by atoms with van der Waals surface area (Å²) >= 11 is 0. The Morgan fingerprint density at radius 1 is 1.16 bits per heavy atom. The summed E-state index contributed by atoms with van der Waals surface area (Å²) in [5.41, 5.74) is -0.159. The fourth-order valence-electron chi connectivity index (χ4n) is 2.40. The molecule has 1 aliphatic rings. The van der Waals surface area contributed by atoms with Gasteiger partial charge in [-0.1, -0.05) is 12.8 Å². The van der Waals surface area contributed by atoms with Crippen LogP contribution in [0.25, 0.3) is 0 Å². The van der Waals surface area contributed by atoms with Crippen LogP contribution < -0.4 is 5.32 Å². The zero-order valence-corrected chi connectivity index (χ0v) is 10.4. The Morgan fingerprint density at radius 3 is 2.42 bits per heavy atom. The van der Waals surface area contributed by atoms with E-state index in [0.717, 1.165) is 18.9 Å². The van der Waals surface area contributed by atoms with Crippen LogP contribution in [0.4, 0.5) is 17.1 Å². The van der Waals surface area contributed by atoms with Gasteiger partial charge in [-0.05, 0) is 24.8 Å². The minimum atomic E-state index is -0.631. The van der Waals surface area contributed by atoms with Gasteiger partial charge in [0.15, 0.2) is 0 Å². The third kappa shape index (κ3) is 3.18. The Morgan fingerprint density at radius 2 is 1.84 bits per heavy atom. The molecule has 7 nitrogen and oxygen atoms in total. The summed E-state index contributed by atoms with van der Waals surface area (Å²) in [5, 5.41) is 24.6. The Bertz CT molecular complexity index is 498. The molecule has 0 aromatic heterocycles. The summed E-state index contributed by atoms with van der Waals surface area (Å²) in [5.74, 6) is 0.537. The van der Waals surface area contributed by atoms with Crippen LogP contribution in [0.3, 0.4) is 0 Å². The highest BCUT2D eigenvalue weighted by Crippen LogP contribution is 2.30. The molecule has 1 aromatic carbocycles. The highest BCUT2D eigenvalue weighted by molar-refractivity contribution is 5.65. The monoisotopic (exact) mass is 265 g/mol. The molecule has 1 N–H and O–H groups in total. The summed E-state index contributed by atoms with van der Waals surface area (Å²) in [6, 6.07) is 3.69. The molecule has 0 saturated heterocycles. The van der Waals surface area contributed by atoms with Gasteiger partial charge in [-0.15, -0.1) is 0 Å². The second-order valence-corrected chi connectivity index (χ2v) is 4.75. The number of hydrogen-bond acceptors (Lipinski definition) is 5. The molecular weight excluding hydrogens is 250 g/mol. The molecule has 0 amide bonds. The van der Waals surface area contributed by atoms with E-state index < -0.39 is 9.85 Å². The van der Waals surface area contributed by atoms with Crippen LogP contribution in [0, 0.1) is 26.1 Å². The molecule has 1 aromatic rings. The molecule has 0 spiro atoms. The quantitative estimate of drug-likeness (QED) is 0.651. The predicted octanol–water partition coefficient (Wildman–Crippen LogP) is 3.11. The fraction of sp³-hybridized carbons (Fsp3) is 0.500. The highest BCUT2D eigenvalue weighted by atomic mass is 16.6. The Kier molecular flexibility index (Phi) is 3.94. The first-order valence-electron chi connectivity index (χ1n) is 6.24. The third-order valence-corrected chi connectivity index (χ3v) is 3.44. The Balaban J connectivity index is 2.14. The number of nitro benzene ring substituents is 2. The van der Waals surface area contributed by atoms with Crippen molar-refractivity contribution in [3.8, 4) is 0 Å². The molecule has 1 saturated carbocycles. The van der Waals surface area contributed by atoms with Crippen molar-refractivity contribution in [2.45, 2.75) is 25.7 Å². The Labute approximate surface area is 109 Å². The van der Waals surface area contributed by atoms with Gasteiger partial charge in [-0.2, -0.15) is 0 Å². The average molecular weight is 265 g/mol. The normalized spacial score (nSPS) is 15.4. The molecule has 7 heteroatoms. The molecule has 19 heavy (non-hydrogen) atoms. The third-order valence-electron chi connectivity index (χ3n) is 3.44. The van der Waals surface area contributed by atoms with E-state index >= 15 is 0 Å². The summed E-state index contributed by atoms with van der Waals surface area (Å²) in [4.78, 5) is 20.3. The maximum Gasteiger partial charge on any atom is 0.299 e. The van der Waals surface area contributed by atoms with Gasteiger partial charge in [0.1, 0.15) is 5.69 Å². The first-order chi connectivity index (χ1) is 9.08. The van der Waals surface area contributed by atoms with E-state index in [9.17, 15) is 20.2 Å². The van der Waals surface area contributed by atoms with Crippen molar-refractivity contribution in [1.29, 1.82) is 0 Å². The van der Waals surface area contributed by atoms with E-state index in [2.05, 4.69) is 5.32 Å². The van der Waals surface area contributed by atoms with Crippen molar-refractivity contribution in [3.05, 3.63) is 38.4 Å². The molecule has 0 unspecified atom stereocenters. The molecule has 0 bridgehead atoms. The minimum absolute atomic E-state index is 0.243. The van der Waals surface area contributed by atoms with Crippen molar-refractivity contribution in [2.75, 3.05) is 11.9 Å². The maximum atomic E-state index is 10.9. The van der Waals surface area contributed by atoms with E-state index in [0.29, 0.717) is 18.2 Å². The number of nitrogens with zero attached hydrogens (tertiary/aromatic N) is 2. The zero-order valence-electron chi connectivity index (χ0n) is 10.4. The lowest BCUT2D eigenvalue weighted by molar-refractivity contribution is -0.393. The molecule has 0 atom stereocenters. The second kappa shape index (κ2) is 5.64. The summed E-state index contributed by atoms with van der Waals surface area (Å²) in [6.45, 7) is 0.679. The van der Waals surface area contributed by atoms with Crippen LogP contribution in [0.15, 0.2) is 18.2 Å². The molecule has 0 heterocycles. The molecular formula is C12H15N3O4. The number of nitrogens with one attached hydrogen (secondary N) is 1. The lowest BCUT2D eigenvalue weighted by Gasteiger charge is -2.11. The topological polar surface area (TPSA) is 98.3 Å².